The summed E-state index contributed by atoms with van der Waals surface area (Å²) in [5, 5.41) is 0. The lowest BCUT2D eigenvalue weighted by molar-refractivity contribution is 0.0867. The second kappa shape index (κ2) is 6.03. The first-order chi connectivity index (χ1) is 8.35. The van der Waals surface area contributed by atoms with Crippen molar-refractivity contribution in [2.45, 2.75) is 38.1 Å². The van der Waals surface area contributed by atoms with Gasteiger partial charge >= 0.3 is 0 Å². The van der Waals surface area contributed by atoms with E-state index in [1.165, 1.54) is 36.8 Å². The highest BCUT2D eigenvalue weighted by atomic mass is 16.6. The molecule has 0 bridgehead atoms. The number of hydroxylamine groups is 1. The molecule has 0 unspecified atom stereocenters. The highest BCUT2D eigenvalue weighted by molar-refractivity contribution is 5.40. The van der Waals surface area contributed by atoms with Gasteiger partial charge in [0.25, 0.3) is 0 Å². The Morgan fingerprint density at radius 3 is 2.65 bits per heavy atom. The smallest absolute Gasteiger partial charge is 0.122 e. The molecule has 2 rings (SSSR count). The van der Waals surface area contributed by atoms with E-state index in [1.807, 2.05) is 0 Å². The molecule has 1 aromatic carbocycles. The summed E-state index contributed by atoms with van der Waals surface area (Å²) in [5.74, 6) is 1.70. The molecule has 0 amide bonds. The monoisotopic (exact) mass is 235 g/mol. The van der Waals surface area contributed by atoms with Gasteiger partial charge in [-0.1, -0.05) is 25.0 Å². The van der Waals surface area contributed by atoms with Crippen molar-refractivity contribution in [2.75, 3.05) is 14.2 Å². The van der Waals surface area contributed by atoms with Gasteiger partial charge < -0.3 is 9.57 Å². The molecular weight excluding hydrogens is 214 g/mol. The van der Waals surface area contributed by atoms with Crippen LogP contribution in [0, 0.1) is 0 Å². The van der Waals surface area contributed by atoms with Gasteiger partial charge in [0.15, 0.2) is 0 Å². The first-order valence-electron chi connectivity index (χ1n) is 6.28. The summed E-state index contributed by atoms with van der Waals surface area (Å²) in [6.45, 7) is 0.736. The van der Waals surface area contributed by atoms with E-state index in [2.05, 4.69) is 23.7 Å². The Balaban J connectivity index is 2.19. The Kier molecular flexibility index (Phi) is 4.40. The molecule has 17 heavy (non-hydrogen) atoms. The van der Waals surface area contributed by atoms with Crippen LogP contribution in [-0.4, -0.2) is 14.2 Å². The molecule has 1 N–H and O–H groups in total. The van der Waals surface area contributed by atoms with Crippen LogP contribution in [0.2, 0.25) is 0 Å². The lowest BCUT2D eigenvalue weighted by atomic mass is 9.95. The summed E-state index contributed by atoms with van der Waals surface area (Å²) in [6.07, 6.45) is 5.26. The summed E-state index contributed by atoms with van der Waals surface area (Å²) >= 11 is 0. The summed E-state index contributed by atoms with van der Waals surface area (Å²) < 4.78 is 5.47. The predicted molar refractivity (Wildman–Crippen MR) is 68.1 cm³/mol. The van der Waals surface area contributed by atoms with E-state index in [4.69, 9.17) is 9.57 Å². The van der Waals surface area contributed by atoms with Crippen molar-refractivity contribution in [3.63, 3.8) is 0 Å². The summed E-state index contributed by atoms with van der Waals surface area (Å²) in [5.41, 5.74) is 5.49. The topological polar surface area (TPSA) is 30.5 Å². The molecule has 0 spiro atoms. The third kappa shape index (κ3) is 2.99. The van der Waals surface area contributed by atoms with Gasteiger partial charge in [0.05, 0.1) is 14.2 Å². The lowest BCUT2D eigenvalue weighted by Crippen LogP contribution is -2.11. The second-order valence-corrected chi connectivity index (χ2v) is 4.58. The number of nitrogens with one attached hydrogen (secondary N) is 1. The Morgan fingerprint density at radius 2 is 2.00 bits per heavy atom. The molecule has 1 aliphatic carbocycles. The molecule has 1 aliphatic rings. The van der Waals surface area contributed by atoms with Crippen LogP contribution in [0.1, 0.15) is 42.7 Å². The van der Waals surface area contributed by atoms with Crippen molar-refractivity contribution in [3.05, 3.63) is 29.3 Å². The Labute approximate surface area is 103 Å². The third-order valence-corrected chi connectivity index (χ3v) is 3.51. The molecule has 3 nitrogen and oxygen atoms in total. The van der Waals surface area contributed by atoms with E-state index in [0.717, 1.165) is 12.3 Å². The fourth-order valence-corrected chi connectivity index (χ4v) is 2.61. The van der Waals surface area contributed by atoms with E-state index in [0.29, 0.717) is 5.92 Å². The standard InChI is InChI=1S/C14H21NO2/c1-16-14-8-7-11(10-15-17-2)9-13(14)12-5-3-4-6-12/h7-9,12,15H,3-6,10H2,1-2H3. The Bertz CT molecular complexity index is 359. The molecular formula is C14H21NO2. The first kappa shape index (κ1) is 12.4. The molecule has 0 atom stereocenters. The molecule has 94 valence electrons. The molecule has 0 heterocycles. The van der Waals surface area contributed by atoms with Crippen molar-refractivity contribution < 1.29 is 9.57 Å². The highest BCUT2D eigenvalue weighted by Gasteiger charge is 2.20. The minimum Gasteiger partial charge on any atom is -0.496 e. The second-order valence-electron chi connectivity index (χ2n) is 4.58. The van der Waals surface area contributed by atoms with E-state index >= 15 is 0 Å². The largest absolute Gasteiger partial charge is 0.496 e. The zero-order valence-electron chi connectivity index (χ0n) is 10.7. The number of rotatable bonds is 5. The molecule has 0 radical (unpaired) electrons. The minimum absolute atomic E-state index is 0.674. The van der Waals surface area contributed by atoms with Gasteiger partial charge in [0, 0.05) is 6.54 Å². The third-order valence-electron chi connectivity index (χ3n) is 3.51. The Morgan fingerprint density at radius 1 is 1.24 bits per heavy atom. The SMILES string of the molecule is CONCc1ccc(OC)c(C2CCCC2)c1. The number of methoxy groups -OCH3 is 1. The van der Waals surface area contributed by atoms with Crippen LogP contribution in [0.4, 0.5) is 0 Å². The van der Waals surface area contributed by atoms with Crippen LogP contribution in [0.3, 0.4) is 0 Å². The maximum atomic E-state index is 5.47. The minimum atomic E-state index is 0.674. The maximum Gasteiger partial charge on any atom is 0.122 e. The number of ether oxygens (including phenoxy) is 1. The van der Waals surface area contributed by atoms with Gasteiger partial charge in [-0.15, -0.1) is 0 Å². The molecule has 0 aliphatic heterocycles. The normalized spacial score (nSPS) is 16.4. The molecule has 1 saturated carbocycles. The molecule has 1 fully saturated rings. The van der Waals surface area contributed by atoms with Crippen LogP contribution in [0.5, 0.6) is 5.75 Å². The first-order valence-corrected chi connectivity index (χ1v) is 6.28. The number of hydrogen-bond donors (Lipinski definition) is 1. The summed E-state index contributed by atoms with van der Waals surface area (Å²) in [6, 6.07) is 6.41. The fourth-order valence-electron chi connectivity index (χ4n) is 2.61. The average Bonchev–Trinajstić information content (AvgIpc) is 2.89. The van der Waals surface area contributed by atoms with Gasteiger partial charge in [-0.2, -0.15) is 5.48 Å². The lowest BCUT2D eigenvalue weighted by Gasteiger charge is -2.16. The van der Waals surface area contributed by atoms with E-state index < -0.39 is 0 Å². The van der Waals surface area contributed by atoms with Gasteiger partial charge in [0.1, 0.15) is 5.75 Å². The van der Waals surface area contributed by atoms with Crippen LogP contribution < -0.4 is 10.2 Å². The molecule has 0 saturated heterocycles. The average molecular weight is 235 g/mol. The van der Waals surface area contributed by atoms with Gasteiger partial charge in [-0.3, -0.25) is 0 Å². The van der Waals surface area contributed by atoms with Crippen LogP contribution in [0.15, 0.2) is 18.2 Å². The number of hydrogen-bond acceptors (Lipinski definition) is 3. The zero-order chi connectivity index (χ0) is 12.1. The van der Waals surface area contributed by atoms with E-state index in [9.17, 15) is 0 Å². The van der Waals surface area contributed by atoms with E-state index in [1.54, 1.807) is 14.2 Å². The van der Waals surface area contributed by atoms with Crippen molar-refractivity contribution in [1.29, 1.82) is 0 Å². The van der Waals surface area contributed by atoms with Crippen molar-refractivity contribution in [2.24, 2.45) is 0 Å². The predicted octanol–water partition coefficient (Wildman–Crippen LogP) is 3.00. The number of benzene rings is 1. The van der Waals surface area contributed by atoms with Crippen molar-refractivity contribution in [3.8, 4) is 5.75 Å². The quantitative estimate of drug-likeness (QED) is 0.796. The zero-order valence-corrected chi connectivity index (χ0v) is 10.7. The molecule has 1 aromatic rings. The van der Waals surface area contributed by atoms with Gasteiger partial charge in [0.2, 0.25) is 0 Å². The fraction of sp³-hybridized carbons (Fsp3) is 0.571. The molecule has 0 aromatic heterocycles. The van der Waals surface area contributed by atoms with Crippen LogP contribution >= 0.6 is 0 Å². The van der Waals surface area contributed by atoms with Gasteiger partial charge in [-0.05, 0) is 36.0 Å². The van der Waals surface area contributed by atoms with Crippen molar-refractivity contribution >= 4 is 0 Å². The van der Waals surface area contributed by atoms with Crippen molar-refractivity contribution in [1.82, 2.24) is 5.48 Å². The summed E-state index contributed by atoms with van der Waals surface area (Å²) in [4.78, 5) is 4.89. The highest BCUT2D eigenvalue weighted by Crippen LogP contribution is 2.39. The summed E-state index contributed by atoms with van der Waals surface area (Å²) in [7, 11) is 3.39. The van der Waals surface area contributed by atoms with Gasteiger partial charge in [-0.25, -0.2) is 0 Å². The Hall–Kier alpha value is -1.06. The van der Waals surface area contributed by atoms with Crippen LogP contribution in [0.25, 0.3) is 0 Å². The van der Waals surface area contributed by atoms with Crippen LogP contribution in [-0.2, 0) is 11.4 Å². The molecule has 3 heteroatoms. The van der Waals surface area contributed by atoms with E-state index in [-0.39, 0.29) is 0 Å². The maximum absolute atomic E-state index is 5.47.